The number of halogens is 1. The van der Waals surface area contributed by atoms with Gasteiger partial charge in [0.1, 0.15) is 0 Å². The quantitative estimate of drug-likeness (QED) is 0.385. The van der Waals surface area contributed by atoms with E-state index in [1.807, 2.05) is 0 Å². The van der Waals surface area contributed by atoms with Gasteiger partial charge in [0.2, 0.25) is 0 Å². The number of fused-ring (bicyclic) bond motifs is 10. The summed E-state index contributed by atoms with van der Waals surface area (Å²) in [6.45, 7) is -2.51. The molecular weight excluding hydrogens is 315 g/mol. The van der Waals surface area contributed by atoms with Crippen LogP contribution in [-0.2, 0) is 6.51 Å². The molecule has 0 radical (unpaired) electrons. The number of alkyl halides is 1. The van der Waals surface area contributed by atoms with E-state index in [1.165, 1.54) is 4.31 Å². The zero-order chi connectivity index (χ0) is 7.72. The Balaban J connectivity index is 2.08. The predicted octanol–water partition coefficient (Wildman–Crippen LogP) is 4.18. The summed E-state index contributed by atoms with van der Waals surface area (Å²) in [5, 5.41) is 0. The van der Waals surface area contributed by atoms with Gasteiger partial charge in [-0.25, -0.2) is 0 Å². The fourth-order valence-electron chi connectivity index (χ4n) is 17.0. The van der Waals surface area contributed by atoms with E-state index >= 15 is 0 Å². The molecule has 0 aromatic carbocycles. The molecule has 0 nitrogen and oxygen atoms in total. The van der Waals surface area contributed by atoms with Gasteiger partial charge in [0.05, 0.1) is 0 Å². The Morgan fingerprint density at radius 3 is 1.38 bits per heavy atom. The van der Waals surface area contributed by atoms with Crippen molar-refractivity contribution in [3.63, 3.8) is 0 Å². The van der Waals surface area contributed by atoms with Crippen molar-refractivity contribution in [2.24, 2.45) is 0 Å². The summed E-state index contributed by atoms with van der Waals surface area (Å²) < 4.78 is 2.87. The molecule has 10 aliphatic heterocycles. The molecule has 10 saturated heterocycles. The zero-order valence-corrected chi connectivity index (χ0v) is 10.4. The maximum absolute atomic E-state index is 2.80. The van der Waals surface area contributed by atoms with E-state index in [2.05, 4.69) is 22.6 Å². The summed E-state index contributed by atoms with van der Waals surface area (Å²) in [6.07, 6.45) is 0. The molecule has 0 saturated carbocycles. The monoisotopic (exact) mass is 326 g/mol. The predicted molar refractivity (Wildman–Crippen MR) is 55.3 cm³/mol. The second-order valence-corrected chi connectivity index (χ2v) is 34.4. The van der Waals surface area contributed by atoms with Gasteiger partial charge in [-0.1, -0.05) is 0 Å². The molecule has 70 valence electrons. The minimum absolute atomic E-state index is 1.22. The van der Waals surface area contributed by atoms with Gasteiger partial charge in [-0.2, -0.15) is 0 Å². The Labute approximate surface area is 80.6 Å². The Morgan fingerprint density at radius 1 is 0.846 bits per heavy atom. The first-order chi connectivity index (χ1) is 6.11. The summed E-state index contributed by atoms with van der Waals surface area (Å²) >= 11 is 2.80. The van der Waals surface area contributed by atoms with Crippen LogP contribution in [0.3, 0.4) is 0 Å². The number of hydrogen-bond acceptors (Lipinski definition) is 0. The van der Waals surface area contributed by atoms with Crippen LogP contribution in [0.2, 0.25) is 47.7 Å². The van der Waals surface area contributed by atoms with E-state index < -0.39 is 6.51 Å². The standard InChI is InChI=1S/C6H6I.C5H5.Fe/c7-5-6-3-1-2-4-6;1-2-4-5-3-1;/h1-4H,5H2;1-5H;. The third-order valence-corrected chi connectivity index (χ3v) is 60.1. The zero-order valence-electron chi connectivity index (χ0n) is 7.13. The van der Waals surface area contributed by atoms with Crippen LogP contribution >= 0.6 is 22.6 Å². The van der Waals surface area contributed by atoms with Crippen molar-refractivity contribution in [1.29, 1.82) is 0 Å². The van der Waals surface area contributed by atoms with E-state index in [4.69, 9.17) is 0 Å². The summed E-state index contributed by atoms with van der Waals surface area (Å²) in [5.74, 6) is 0. The fraction of sp³-hybridized carbons (Fsp3) is 1.00. The molecule has 10 heterocycles. The van der Waals surface area contributed by atoms with Crippen molar-refractivity contribution in [3.8, 4) is 0 Å². The van der Waals surface area contributed by atoms with Crippen molar-refractivity contribution in [1.82, 2.24) is 0 Å². The van der Waals surface area contributed by atoms with Crippen LogP contribution in [0, 0.1) is 0 Å². The molecule has 0 amide bonds. The number of hydrogen-bond donors (Lipinski definition) is 0. The van der Waals surface area contributed by atoms with Crippen molar-refractivity contribution in [2.45, 2.75) is 47.7 Å². The van der Waals surface area contributed by atoms with Crippen LogP contribution in [0.5, 0.6) is 0 Å². The van der Waals surface area contributed by atoms with Crippen LogP contribution in [-0.4, -0.2) is 4.43 Å². The van der Waals surface area contributed by atoms with Crippen LogP contribution in [0.4, 0.5) is 0 Å². The molecule has 0 aromatic heterocycles. The van der Waals surface area contributed by atoms with Gasteiger partial charge in [0, 0.05) is 0 Å². The van der Waals surface area contributed by atoms with Crippen LogP contribution < -0.4 is 0 Å². The summed E-state index contributed by atoms with van der Waals surface area (Å²) in [5.41, 5.74) is 0. The molecule has 2 heteroatoms. The van der Waals surface area contributed by atoms with E-state index in [-0.39, 0.29) is 0 Å². The topological polar surface area (TPSA) is 0 Å². The van der Waals surface area contributed by atoms with E-state index in [1.54, 1.807) is 47.8 Å². The Hall–Kier alpha value is 1.25. The van der Waals surface area contributed by atoms with Gasteiger partial charge in [-0.05, 0) is 0 Å². The van der Waals surface area contributed by atoms with E-state index in [9.17, 15) is 0 Å². The fourth-order valence-corrected chi connectivity index (χ4v) is 98.9. The number of rotatable bonds is 1. The minimum atomic E-state index is -2.51. The summed E-state index contributed by atoms with van der Waals surface area (Å²) in [4.78, 5) is 14.0. The van der Waals surface area contributed by atoms with Crippen LogP contribution in [0.1, 0.15) is 0 Å². The first-order valence-corrected chi connectivity index (χ1v) is 13.7. The van der Waals surface area contributed by atoms with Crippen LogP contribution in [0.15, 0.2) is 0 Å². The molecule has 10 rings (SSSR count). The maximum atomic E-state index is 2.80. The first-order valence-electron chi connectivity index (χ1n) is 5.88. The van der Waals surface area contributed by atoms with E-state index in [0.717, 1.165) is 0 Å². The Kier molecular flexibility index (Phi) is 0.110. The molecule has 0 N–H and O–H groups in total. The second kappa shape index (κ2) is 0.309. The van der Waals surface area contributed by atoms with Crippen molar-refractivity contribution in [3.05, 3.63) is 0 Å². The molecule has 4 unspecified atom stereocenters. The van der Waals surface area contributed by atoms with Crippen molar-refractivity contribution < 1.29 is 6.51 Å². The Bertz CT molecular complexity index is 770. The molecule has 0 aromatic rings. The van der Waals surface area contributed by atoms with Crippen LogP contribution in [0.25, 0.3) is 0 Å². The molecule has 10 aliphatic rings. The van der Waals surface area contributed by atoms with Gasteiger partial charge < -0.3 is 0 Å². The molecule has 0 aliphatic carbocycles. The third kappa shape index (κ3) is 0.0355. The summed E-state index contributed by atoms with van der Waals surface area (Å²) in [7, 11) is 0. The summed E-state index contributed by atoms with van der Waals surface area (Å²) in [6, 6.07) is 0. The average Bonchev–Trinajstić information content (AvgIpc) is 3.12. The van der Waals surface area contributed by atoms with Gasteiger partial charge in [-0.15, -0.1) is 0 Å². The molecule has 1 spiro atoms. The van der Waals surface area contributed by atoms with Crippen molar-refractivity contribution in [2.75, 3.05) is 4.43 Å². The molecule has 10 fully saturated rings. The average molecular weight is 326 g/mol. The van der Waals surface area contributed by atoms with Gasteiger partial charge in [0.15, 0.2) is 0 Å². The third-order valence-electron chi connectivity index (χ3n) is 15.2. The molecule has 13 heavy (non-hydrogen) atoms. The van der Waals surface area contributed by atoms with Gasteiger partial charge in [0.25, 0.3) is 0 Å². The Morgan fingerprint density at radius 2 is 1.31 bits per heavy atom. The molecule has 4 atom stereocenters. The van der Waals surface area contributed by atoms with Gasteiger partial charge >= 0.3 is 81.2 Å². The second-order valence-electron chi connectivity index (χ2n) is 9.97. The van der Waals surface area contributed by atoms with E-state index in [0.29, 0.717) is 0 Å². The molecular formula is C11H11FeI. The SMILES string of the molecule is IC[C]12[CH]3[CH]4[CH]5[CH]1[Fe]45321678[CH]2[CH]1[CH]6[CH]7[CH]28. The van der Waals surface area contributed by atoms with Crippen molar-refractivity contribution >= 4 is 22.6 Å². The van der Waals surface area contributed by atoms with Gasteiger partial charge in [-0.3, -0.25) is 0 Å². The first kappa shape index (κ1) is 4.63. The normalized spacial score (nSPS) is 152. The molecule has 0 bridgehead atoms.